The lowest BCUT2D eigenvalue weighted by molar-refractivity contribution is -0.114. The zero-order valence-electron chi connectivity index (χ0n) is 18.9. The van der Waals surface area contributed by atoms with Crippen molar-refractivity contribution >= 4 is 23.2 Å². The van der Waals surface area contributed by atoms with Crippen LogP contribution in [0.1, 0.15) is 48.7 Å². The molecule has 0 atom stereocenters. The Morgan fingerprint density at radius 2 is 1.79 bits per heavy atom. The molecule has 0 saturated heterocycles. The van der Waals surface area contributed by atoms with Gasteiger partial charge in [0.2, 0.25) is 5.91 Å². The first-order valence-corrected chi connectivity index (χ1v) is 11.3. The number of hydrogen-bond acceptors (Lipinski definition) is 5. The molecule has 2 amide bonds. The van der Waals surface area contributed by atoms with Crippen LogP contribution in [0.2, 0.25) is 0 Å². The average Bonchev–Trinajstić information content (AvgIpc) is 3.35. The maximum absolute atomic E-state index is 12.3. The molecule has 7 heteroatoms. The van der Waals surface area contributed by atoms with Gasteiger partial charge in [-0.25, -0.2) is 0 Å². The van der Waals surface area contributed by atoms with Gasteiger partial charge in [-0.3, -0.25) is 9.59 Å². The standard InChI is InChI=1S/C26H31N3O4/c1-2-3-4-5-15-32-23-9-6-8-22(17-23)29-25(30)19-27-21-13-11-20(12-14-21)26(31)28-18-24-10-7-16-33-24/h6-14,16-17,27H,2-5,15,18-19H2,1H3,(H,28,31)(H,29,30). The van der Waals surface area contributed by atoms with Gasteiger partial charge >= 0.3 is 0 Å². The van der Waals surface area contributed by atoms with Crippen molar-refractivity contribution in [3.05, 3.63) is 78.3 Å². The molecule has 0 aliphatic rings. The monoisotopic (exact) mass is 449 g/mol. The van der Waals surface area contributed by atoms with E-state index in [0.717, 1.165) is 24.3 Å². The van der Waals surface area contributed by atoms with Crippen molar-refractivity contribution < 1.29 is 18.7 Å². The predicted octanol–water partition coefficient (Wildman–Crippen LogP) is 5.22. The molecule has 3 rings (SSSR count). The summed E-state index contributed by atoms with van der Waals surface area (Å²) in [4.78, 5) is 24.5. The number of rotatable bonds is 13. The van der Waals surface area contributed by atoms with Gasteiger partial charge in [0.15, 0.2) is 0 Å². The Balaban J connectivity index is 1.40. The number of ether oxygens (including phenoxy) is 1. The molecule has 1 aromatic heterocycles. The van der Waals surface area contributed by atoms with Crippen LogP contribution in [0.4, 0.5) is 11.4 Å². The van der Waals surface area contributed by atoms with E-state index in [1.165, 1.54) is 12.8 Å². The second-order valence-electron chi connectivity index (χ2n) is 7.68. The molecule has 0 aliphatic carbocycles. The fourth-order valence-electron chi connectivity index (χ4n) is 3.19. The lowest BCUT2D eigenvalue weighted by atomic mass is 10.2. The Hall–Kier alpha value is -3.74. The van der Waals surface area contributed by atoms with Crippen LogP contribution in [0.3, 0.4) is 0 Å². The first-order chi connectivity index (χ1) is 16.1. The number of benzene rings is 2. The maximum Gasteiger partial charge on any atom is 0.251 e. The van der Waals surface area contributed by atoms with Crippen LogP contribution in [0.15, 0.2) is 71.3 Å². The van der Waals surface area contributed by atoms with Crippen molar-refractivity contribution in [2.24, 2.45) is 0 Å². The molecule has 2 aromatic carbocycles. The summed E-state index contributed by atoms with van der Waals surface area (Å²) >= 11 is 0. The lowest BCUT2D eigenvalue weighted by Gasteiger charge is -2.11. The number of amides is 2. The van der Waals surface area contributed by atoms with Crippen molar-refractivity contribution in [1.82, 2.24) is 5.32 Å². The minimum atomic E-state index is -0.192. The van der Waals surface area contributed by atoms with Gasteiger partial charge in [-0.2, -0.15) is 0 Å². The first kappa shape index (κ1) is 23.9. The van der Waals surface area contributed by atoms with Crippen LogP contribution in [-0.2, 0) is 11.3 Å². The highest BCUT2D eigenvalue weighted by Gasteiger charge is 2.07. The van der Waals surface area contributed by atoms with Gasteiger partial charge in [0.1, 0.15) is 11.5 Å². The number of anilines is 2. The van der Waals surface area contributed by atoms with Gasteiger partial charge in [-0.15, -0.1) is 0 Å². The van der Waals surface area contributed by atoms with Crippen molar-refractivity contribution in [2.75, 3.05) is 23.8 Å². The highest BCUT2D eigenvalue weighted by molar-refractivity contribution is 5.95. The number of carbonyl (C=O) groups excluding carboxylic acids is 2. The van der Waals surface area contributed by atoms with Crippen LogP contribution >= 0.6 is 0 Å². The summed E-state index contributed by atoms with van der Waals surface area (Å²) in [5.41, 5.74) is 1.97. The molecular formula is C26H31N3O4. The van der Waals surface area contributed by atoms with E-state index >= 15 is 0 Å². The number of hydrogen-bond donors (Lipinski definition) is 3. The van der Waals surface area contributed by atoms with Crippen LogP contribution in [-0.4, -0.2) is 25.0 Å². The van der Waals surface area contributed by atoms with Crippen molar-refractivity contribution in [1.29, 1.82) is 0 Å². The minimum Gasteiger partial charge on any atom is -0.494 e. The summed E-state index contributed by atoms with van der Waals surface area (Å²) < 4.78 is 11.0. The topological polar surface area (TPSA) is 92.6 Å². The van der Waals surface area contributed by atoms with E-state index in [0.29, 0.717) is 30.2 Å². The van der Waals surface area contributed by atoms with Crippen molar-refractivity contribution in [3.8, 4) is 5.75 Å². The van der Waals surface area contributed by atoms with Crippen molar-refractivity contribution in [3.63, 3.8) is 0 Å². The summed E-state index contributed by atoms with van der Waals surface area (Å²) in [6, 6.07) is 17.9. The molecule has 0 fully saturated rings. The van der Waals surface area contributed by atoms with Gasteiger partial charge < -0.3 is 25.1 Å². The molecule has 0 saturated carbocycles. The zero-order valence-corrected chi connectivity index (χ0v) is 18.9. The zero-order chi connectivity index (χ0) is 23.3. The Morgan fingerprint density at radius 3 is 2.55 bits per heavy atom. The molecule has 0 radical (unpaired) electrons. The number of nitrogens with one attached hydrogen (secondary N) is 3. The van der Waals surface area contributed by atoms with Gasteiger partial charge in [-0.05, 0) is 55.0 Å². The minimum absolute atomic E-state index is 0.103. The molecule has 1 heterocycles. The molecule has 0 aliphatic heterocycles. The molecule has 33 heavy (non-hydrogen) atoms. The SMILES string of the molecule is CCCCCCOc1cccc(NC(=O)CNc2ccc(C(=O)NCc3ccco3)cc2)c1. The van der Waals surface area contributed by atoms with E-state index in [-0.39, 0.29) is 18.4 Å². The molecule has 3 aromatic rings. The third-order valence-corrected chi connectivity index (χ3v) is 4.99. The highest BCUT2D eigenvalue weighted by Crippen LogP contribution is 2.18. The Bertz CT molecular complexity index is 1000. The maximum atomic E-state index is 12.3. The van der Waals surface area contributed by atoms with E-state index in [1.807, 2.05) is 24.3 Å². The second kappa shape index (κ2) is 13.0. The fraction of sp³-hybridized carbons (Fsp3) is 0.308. The Morgan fingerprint density at radius 1 is 0.939 bits per heavy atom. The largest absolute Gasteiger partial charge is 0.494 e. The van der Waals surface area contributed by atoms with Crippen LogP contribution in [0.5, 0.6) is 5.75 Å². The van der Waals surface area contributed by atoms with E-state index in [9.17, 15) is 9.59 Å². The van der Waals surface area contributed by atoms with Gasteiger partial charge in [0, 0.05) is 23.0 Å². The Kier molecular flexibility index (Phi) is 9.39. The van der Waals surface area contributed by atoms with Gasteiger partial charge in [0.25, 0.3) is 5.91 Å². The molecule has 174 valence electrons. The number of carbonyl (C=O) groups is 2. The van der Waals surface area contributed by atoms with Gasteiger partial charge in [0.05, 0.1) is 26.0 Å². The van der Waals surface area contributed by atoms with E-state index in [1.54, 1.807) is 42.7 Å². The molecule has 0 spiro atoms. The van der Waals surface area contributed by atoms with E-state index in [4.69, 9.17) is 9.15 Å². The predicted molar refractivity (Wildman–Crippen MR) is 130 cm³/mol. The van der Waals surface area contributed by atoms with Crippen LogP contribution < -0.4 is 20.7 Å². The normalized spacial score (nSPS) is 10.5. The summed E-state index contributed by atoms with van der Waals surface area (Å²) in [5.74, 6) is 1.08. The summed E-state index contributed by atoms with van der Waals surface area (Å²) in [6.07, 6.45) is 6.17. The molecule has 0 unspecified atom stereocenters. The number of unbranched alkanes of at least 4 members (excludes halogenated alkanes) is 3. The fourth-order valence-corrected chi connectivity index (χ4v) is 3.19. The number of furan rings is 1. The molecular weight excluding hydrogens is 418 g/mol. The first-order valence-electron chi connectivity index (χ1n) is 11.3. The smallest absolute Gasteiger partial charge is 0.251 e. The molecule has 0 bridgehead atoms. The van der Waals surface area contributed by atoms with E-state index in [2.05, 4.69) is 22.9 Å². The molecule has 7 nitrogen and oxygen atoms in total. The van der Waals surface area contributed by atoms with E-state index < -0.39 is 0 Å². The second-order valence-corrected chi connectivity index (χ2v) is 7.68. The summed E-state index contributed by atoms with van der Waals surface area (Å²) in [6.45, 7) is 3.29. The third-order valence-electron chi connectivity index (χ3n) is 4.99. The summed E-state index contributed by atoms with van der Waals surface area (Å²) in [7, 11) is 0. The Labute approximate surface area is 194 Å². The lowest BCUT2D eigenvalue weighted by Crippen LogP contribution is -2.23. The quantitative estimate of drug-likeness (QED) is 0.311. The molecule has 3 N–H and O–H groups in total. The van der Waals surface area contributed by atoms with Crippen molar-refractivity contribution in [2.45, 2.75) is 39.2 Å². The highest BCUT2D eigenvalue weighted by atomic mass is 16.5. The summed E-state index contributed by atoms with van der Waals surface area (Å²) in [5, 5.41) is 8.73. The van der Waals surface area contributed by atoms with Gasteiger partial charge in [-0.1, -0.05) is 32.3 Å². The van der Waals surface area contributed by atoms with Crippen LogP contribution in [0, 0.1) is 0 Å². The van der Waals surface area contributed by atoms with Crippen LogP contribution in [0.25, 0.3) is 0 Å². The third kappa shape index (κ3) is 8.37. The average molecular weight is 450 g/mol.